The zero-order valence-corrected chi connectivity index (χ0v) is 17.6. The van der Waals surface area contributed by atoms with E-state index in [1.165, 1.54) is 25.3 Å². The molecule has 0 atom stereocenters. The summed E-state index contributed by atoms with van der Waals surface area (Å²) in [5.74, 6) is 0.630. The minimum atomic E-state index is -3.72. The van der Waals surface area contributed by atoms with Crippen molar-refractivity contribution in [3.8, 4) is 11.5 Å². The Balaban J connectivity index is 1.95. The summed E-state index contributed by atoms with van der Waals surface area (Å²) in [6, 6.07) is 11.4. The lowest BCUT2D eigenvalue weighted by Crippen LogP contribution is -2.41. The second-order valence-electron chi connectivity index (χ2n) is 5.75. The Bertz CT molecular complexity index is 917. The predicted octanol–water partition coefficient (Wildman–Crippen LogP) is 2.96. The highest BCUT2D eigenvalue weighted by molar-refractivity contribution is 7.92. The van der Waals surface area contributed by atoms with Crippen LogP contribution in [0.2, 0.25) is 10.0 Å². The average Bonchev–Trinajstić information content (AvgIpc) is 2.61. The Morgan fingerprint density at radius 3 is 2.29 bits per heavy atom. The molecule has 0 saturated carbocycles. The van der Waals surface area contributed by atoms with Gasteiger partial charge in [-0.25, -0.2) is 8.42 Å². The first kappa shape index (κ1) is 22.1. The third kappa shape index (κ3) is 6.47. The highest BCUT2D eigenvalue weighted by Crippen LogP contribution is 2.27. The summed E-state index contributed by atoms with van der Waals surface area (Å²) >= 11 is 11.9. The van der Waals surface area contributed by atoms with Crippen LogP contribution < -0.4 is 19.1 Å². The van der Waals surface area contributed by atoms with Crippen molar-refractivity contribution in [2.75, 3.05) is 37.4 Å². The Hall–Kier alpha value is -2.16. The van der Waals surface area contributed by atoms with Gasteiger partial charge in [0.05, 0.1) is 25.6 Å². The van der Waals surface area contributed by atoms with Crippen LogP contribution in [-0.4, -0.2) is 47.4 Å². The van der Waals surface area contributed by atoms with Crippen LogP contribution in [0.15, 0.2) is 42.5 Å². The molecule has 2 rings (SSSR count). The van der Waals surface area contributed by atoms with Crippen molar-refractivity contribution in [1.82, 2.24) is 5.32 Å². The van der Waals surface area contributed by atoms with Gasteiger partial charge in [-0.05, 0) is 30.3 Å². The number of halogens is 2. The molecule has 0 radical (unpaired) electrons. The molecule has 2 aromatic carbocycles. The monoisotopic (exact) mass is 446 g/mol. The SMILES string of the molecule is COc1ccccc1OCCNC(=O)CN(c1cc(Cl)cc(Cl)c1)S(C)(=O)=O. The second-order valence-corrected chi connectivity index (χ2v) is 8.53. The van der Waals surface area contributed by atoms with Gasteiger partial charge in [0.1, 0.15) is 13.2 Å². The van der Waals surface area contributed by atoms with E-state index in [9.17, 15) is 13.2 Å². The number of amides is 1. The Morgan fingerprint density at radius 2 is 1.71 bits per heavy atom. The molecule has 0 heterocycles. The Kier molecular flexibility index (Phi) is 7.79. The predicted molar refractivity (Wildman–Crippen MR) is 110 cm³/mol. The highest BCUT2D eigenvalue weighted by Gasteiger charge is 2.21. The maximum Gasteiger partial charge on any atom is 0.240 e. The second kappa shape index (κ2) is 9.86. The van der Waals surface area contributed by atoms with Gasteiger partial charge >= 0.3 is 0 Å². The first-order valence-corrected chi connectivity index (χ1v) is 10.8. The van der Waals surface area contributed by atoms with Crippen LogP contribution in [0.4, 0.5) is 5.69 Å². The number of para-hydroxylation sites is 2. The third-order valence-electron chi connectivity index (χ3n) is 3.57. The number of benzene rings is 2. The number of methoxy groups -OCH3 is 1. The number of hydrogen-bond acceptors (Lipinski definition) is 5. The fraction of sp³-hybridized carbons (Fsp3) is 0.278. The Morgan fingerprint density at radius 1 is 1.11 bits per heavy atom. The van der Waals surface area contributed by atoms with Crippen molar-refractivity contribution in [1.29, 1.82) is 0 Å². The molecule has 0 aliphatic heterocycles. The van der Waals surface area contributed by atoms with Gasteiger partial charge in [-0.15, -0.1) is 0 Å². The lowest BCUT2D eigenvalue weighted by molar-refractivity contribution is -0.119. The molecule has 1 N–H and O–H groups in total. The van der Waals surface area contributed by atoms with Gasteiger partial charge in [-0.2, -0.15) is 0 Å². The molecule has 0 aromatic heterocycles. The molecule has 0 bridgehead atoms. The third-order valence-corrected chi connectivity index (χ3v) is 5.15. The van der Waals surface area contributed by atoms with E-state index in [1.54, 1.807) is 18.2 Å². The van der Waals surface area contributed by atoms with Crippen LogP contribution in [0.1, 0.15) is 0 Å². The van der Waals surface area contributed by atoms with Crippen LogP contribution in [0.5, 0.6) is 11.5 Å². The fourth-order valence-electron chi connectivity index (χ4n) is 2.36. The van der Waals surface area contributed by atoms with Crippen molar-refractivity contribution in [3.05, 3.63) is 52.5 Å². The van der Waals surface area contributed by atoms with Crippen LogP contribution in [0.3, 0.4) is 0 Å². The van der Waals surface area contributed by atoms with Crippen LogP contribution in [0, 0.1) is 0 Å². The number of anilines is 1. The molecular weight excluding hydrogens is 427 g/mol. The topological polar surface area (TPSA) is 84.9 Å². The summed E-state index contributed by atoms with van der Waals surface area (Å²) in [5, 5.41) is 3.15. The number of ether oxygens (including phenoxy) is 2. The van der Waals surface area contributed by atoms with Crippen LogP contribution in [0.25, 0.3) is 0 Å². The standard InChI is InChI=1S/C18H20Cl2N2O5S/c1-26-16-5-3-4-6-17(16)27-8-7-21-18(23)12-22(28(2,24)25)15-10-13(19)9-14(20)11-15/h3-6,9-11H,7-8,12H2,1-2H3,(H,21,23). The number of carbonyl (C=O) groups is 1. The number of hydrogen-bond donors (Lipinski definition) is 1. The molecule has 7 nitrogen and oxygen atoms in total. The molecule has 1 amide bonds. The largest absolute Gasteiger partial charge is 0.493 e. The number of rotatable bonds is 9. The molecule has 0 unspecified atom stereocenters. The minimum absolute atomic E-state index is 0.185. The van der Waals surface area contributed by atoms with E-state index >= 15 is 0 Å². The molecule has 2 aromatic rings. The molecule has 0 saturated heterocycles. The average molecular weight is 447 g/mol. The van der Waals surface area contributed by atoms with E-state index < -0.39 is 22.5 Å². The molecule has 0 spiro atoms. The van der Waals surface area contributed by atoms with Gasteiger partial charge in [0.2, 0.25) is 15.9 Å². The zero-order valence-electron chi connectivity index (χ0n) is 15.3. The summed E-state index contributed by atoms with van der Waals surface area (Å²) in [7, 11) is -2.19. The molecular formula is C18H20Cl2N2O5S. The first-order chi connectivity index (χ1) is 13.2. The molecule has 28 heavy (non-hydrogen) atoms. The summed E-state index contributed by atoms with van der Waals surface area (Å²) in [6.45, 7) is -0.0388. The highest BCUT2D eigenvalue weighted by atomic mass is 35.5. The van der Waals surface area contributed by atoms with Crippen molar-refractivity contribution < 1.29 is 22.7 Å². The fourth-order valence-corrected chi connectivity index (χ4v) is 3.71. The van der Waals surface area contributed by atoms with E-state index in [0.29, 0.717) is 11.5 Å². The van der Waals surface area contributed by atoms with E-state index in [2.05, 4.69) is 5.32 Å². The smallest absolute Gasteiger partial charge is 0.240 e. The first-order valence-electron chi connectivity index (χ1n) is 8.17. The van der Waals surface area contributed by atoms with Gasteiger partial charge in [-0.1, -0.05) is 35.3 Å². The summed E-state index contributed by atoms with van der Waals surface area (Å²) in [5.41, 5.74) is 0.209. The van der Waals surface area contributed by atoms with E-state index in [4.69, 9.17) is 32.7 Å². The molecule has 10 heteroatoms. The Labute approximate surface area is 174 Å². The maximum absolute atomic E-state index is 12.2. The number of sulfonamides is 1. The maximum atomic E-state index is 12.2. The lowest BCUT2D eigenvalue weighted by Gasteiger charge is -2.22. The van der Waals surface area contributed by atoms with Crippen molar-refractivity contribution in [3.63, 3.8) is 0 Å². The van der Waals surface area contributed by atoms with Gasteiger partial charge in [0.15, 0.2) is 11.5 Å². The number of carbonyl (C=O) groups excluding carboxylic acids is 1. The van der Waals surface area contributed by atoms with Crippen LogP contribution >= 0.6 is 23.2 Å². The molecule has 0 aliphatic rings. The quantitative estimate of drug-likeness (QED) is 0.598. The van der Waals surface area contributed by atoms with Crippen molar-refractivity contribution in [2.24, 2.45) is 0 Å². The molecule has 152 valence electrons. The minimum Gasteiger partial charge on any atom is -0.493 e. The summed E-state index contributed by atoms with van der Waals surface area (Å²) < 4.78 is 35.9. The van der Waals surface area contributed by atoms with Gasteiger partial charge in [0, 0.05) is 10.0 Å². The molecule has 0 fully saturated rings. The van der Waals surface area contributed by atoms with Crippen molar-refractivity contribution >= 4 is 44.8 Å². The summed E-state index contributed by atoms with van der Waals surface area (Å²) in [6.07, 6.45) is 1.000. The molecule has 0 aliphatic carbocycles. The lowest BCUT2D eigenvalue weighted by atomic mass is 10.3. The van der Waals surface area contributed by atoms with Gasteiger partial charge in [0.25, 0.3) is 0 Å². The van der Waals surface area contributed by atoms with Gasteiger partial charge in [-0.3, -0.25) is 9.10 Å². The van der Waals surface area contributed by atoms with Gasteiger partial charge < -0.3 is 14.8 Å². The number of nitrogens with one attached hydrogen (secondary N) is 1. The van der Waals surface area contributed by atoms with E-state index in [-0.39, 0.29) is 28.9 Å². The normalized spacial score (nSPS) is 11.0. The van der Waals surface area contributed by atoms with Crippen LogP contribution in [-0.2, 0) is 14.8 Å². The zero-order chi connectivity index (χ0) is 20.7. The number of nitrogens with zero attached hydrogens (tertiary/aromatic N) is 1. The summed E-state index contributed by atoms with van der Waals surface area (Å²) in [4.78, 5) is 12.2. The van der Waals surface area contributed by atoms with Crippen molar-refractivity contribution in [2.45, 2.75) is 0 Å². The van der Waals surface area contributed by atoms with E-state index in [0.717, 1.165) is 10.6 Å². The van der Waals surface area contributed by atoms with E-state index in [1.807, 2.05) is 6.07 Å².